The van der Waals surface area contributed by atoms with Crippen molar-refractivity contribution >= 4 is 123 Å². The van der Waals surface area contributed by atoms with Gasteiger partial charge in [0.25, 0.3) is 0 Å². The summed E-state index contributed by atoms with van der Waals surface area (Å²) in [6.45, 7) is 7.45. The number of alkyl halides is 1. The maximum Gasteiger partial charge on any atom is 0.119 e. The molecule has 0 aliphatic heterocycles. The Bertz CT molecular complexity index is 3460. The van der Waals surface area contributed by atoms with Gasteiger partial charge in [0.05, 0.1) is 17.4 Å². The molecular weight excluding hydrogens is 1270 g/mol. The lowest BCUT2D eigenvalue weighted by molar-refractivity contribution is 0.304. The second-order valence-electron chi connectivity index (χ2n) is 21.0. The van der Waals surface area contributed by atoms with Crippen molar-refractivity contribution in [2.75, 3.05) is 11.9 Å². The molecule has 0 fully saturated rings. The zero-order chi connectivity index (χ0) is 53.5. The zero-order valence-corrected chi connectivity index (χ0v) is 52.4. The SMILES string of the molecule is Brc1cc2c3c(ccc4cc(Br)cc(c43)C2(c2ccccc2)c2ccccc2)c1.CCCCCCCCBr.CCCCCCCCOc1ccc(C2(c3ccc(C)cc3)c3cc(Br)cc4ccc5cc(Br)cc2c5c34)cc1. The first-order valence-corrected chi connectivity index (χ1v) is 32.1. The predicted molar refractivity (Wildman–Crippen MR) is 348 cm³/mol. The van der Waals surface area contributed by atoms with Crippen LogP contribution in [0.3, 0.4) is 0 Å². The van der Waals surface area contributed by atoms with Gasteiger partial charge in [0.15, 0.2) is 0 Å². The van der Waals surface area contributed by atoms with E-state index in [4.69, 9.17) is 4.74 Å². The molecule has 6 heteroatoms. The van der Waals surface area contributed by atoms with Gasteiger partial charge in [0.2, 0.25) is 0 Å². The fraction of sp³-hybridized carbons (Fsp3) is 0.268. The molecule has 10 aromatic rings. The Morgan fingerprint density at radius 3 is 1.04 bits per heavy atom. The molecule has 0 saturated carbocycles. The molecule has 0 radical (unpaired) electrons. The summed E-state index contributed by atoms with van der Waals surface area (Å²) in [6, 6.07) is 67.1. The molecule has 0 spiro atoms. The first kappa shape index (κ1) is 55.7. The molecule has 0 aromatic heterocycles. The molecule has 10 aromatic carbocycles. The Balaban J connectivity index is 0.000000155. The van der Waals surface area contributed by atoms with Crippen LogP contribution in [0.4, 0.5) is 0 Å². The molecule has 2 aliphatic rings. The van der Waals surface area contributed by atoms with Crippen LogP contribution < -0.4 is 4.74 Å². The average molecular weight is 1340 g/mol. The lowest BCUT2D eigenvalue weighted by atomic mass is 9.67. The van der Waals surface area contributed by atoms with Gasteiger partial charge in [0, 0.05) is 23.2 Å². The van der Waals surface area contributed by atoms with Gasteiger partial charge in [-0.1, -0.05) is 285 Å². The number of hydrogen-bond acceptors (Lipinski definition) is 1. The summed E-state index contributed by atoms with van der Waals surface area (Å²) in [5.74, 6) is 0.945. The minimum Gasteiger partial charge on any atom is -0.494 e. The number of halogens is 5. The normalized spacial score (nSPS) is 13.4. The van der Waals surface area contributed by atoms with Gasteiger partial charge in [0.1, 0.15) is 5.75 Å². The molecule has 2 aliphatic carbocycles. The second kappa shape index (κ2) is 25.3. The summed E-state index contributed by atoms with van der Waals surface area (Å²) in [4.78, 5) is 0. The van der Waals surface area contributed by atoms with Crippen molar-refractivity contribution in [2.24, 2.45) is 0 Å². The second-order valence-corrected chi connectivity index (χ2v) is 25.5. The maximum absolute atomic E-state index is 6.18. The number of rotatable bonds is 18. The highest BCUT2D eigenvalue weighted by Gasteiger charge is 2.47. The first-order chi connectivity index (χ1) is 37.6. The van der Waals surface area contributed by atoms with E-state index in [0.717, 1.165) is 36.7 Å². The fourth-order valence-corrected chi connectivity index (χ4v) is 14.8. The molecule has 0 atom stereocenters. The van der Waals surface area contributed by atoms with Crippen molar-refractivity contribution in [1.29, 1.82) is 0 Å². The molecule has 12 rings (SSSR count). The van der Waals surface area contributed by atoms with Crippen LogP contribution >= 0.6 is 79.6 Å². The van der Waals surface area contributed by atoms with Gasteiger partial charge in [-0.15, -0.1) is 0 Å². The highest BCUT2D eigenvalue weighted by atomic mass is 79.9. The van der Waals surface area contributed by atoms with Crippen LogP contribution in [0, 0.1) is 6.92 Å². The molecule has 77 heavy (non-hydrogen) atoms. The average Bonchev–Trinajstić information content (AvgIpc) is 3.91. The lowest BCUT2D eigenvalue weighted by Gasteiger charge is -2.34. The molecule has 0 heterocycles. The molecule has 1 nitrogen and oxygen atoms in total. The van der Waals surface area contributed by atoms with Crippen LogP contribution in [0.15, 0.2) is 200 Å². The van der Waals surface area contributed by atoms with E-state index in [9.17, 15) is 0 Å². The van der Waals surface area contributed by atoms with Crippen molar-refractivity contribution in [2.45, 2.75) is 109 Å². The van der Waals surface area contributed by atoms with Crippen LogP contribution in [0.2, 0.25) is 0 Å². The predicted octanol–water partition coefficient (Wildman–Crippen LogP) is 23.2. The third kappa shape index (κ3) is 11.1. The minimum absolute atomic E-state index is 0.351. The summed E-state index contributed by atoms with van der Waals surface area (Å²) < 4.78 is 10.6. The van der Waals surface area contributed by atoms with Gasteiger partial charge in [-0.25, -0.2) is 0 Å². The maximum atomic E-state index is 6.18. The third-order valence-electron chi connectivity index (χ3n) is 16.0. The standard InChI is InChI=1S/C36H34Br2O.C27H16Br2.C8H17Br/c1-3-4-5-6-7-8-19-39-31-17-15-28(16-18-31)36(27-13-9-24(2)10-14-27)32-22-29(37)20-25-11-12-26-21-30(38)23-33(36)35(26)34(25)32;28-21-13-17-11-12-18-14-22(29)16-24-26(18)25(17)23(15-21)27(24,19-7-3-1-4-8-19)20-9-5-2-6-10-20;1-2-3-4-5-6-7-8-9/h9-18,20-23H,3-8,19H2,1-2H3;1-16H;2-8H2,1H3. The minimum atomic E-state index is -0.431. The van der Waals surface area contributed by atoms with Gasteiger partial charge in [-0.2, -0.15) is 0 Å². The smallest absolute Gasteiger partial charge is 0.119 e. The highest BCUT2D eigenvalue weighted by molar-refractivity contribution is 9.11. The number of ether oxygens (including phenoxy) is 1. The lowest BCUT2D eigenvalue weighted by Crippen LogP contribution is -2.29. The molecule has 392 valence electrons. The quantitative estimate of drug-likeness (QED) is 0.0473. The van der Waals surface area contributed by atoms with E-state index in [1.807, 2.05) is 0 Å². The Hall–Kier alpha value is -4.56. The van der Waals surface area contributed by atoms with Crippen LogP contribution in [0.25, 0.3) is 43.1 Å². The number of hydrogen-bond donors (Lipinski definition) is 0. The van der Waals surface area contributed by atoms with E-state index < -0.39 is 5.41 Å². The van der Waals surface area contributed by atoms with Gasteiger partial charge in [-0.05, 0) is 168 Å². The van der Waals surface area contributed by atoms with E-state index in [-0.39, 0.29) is 5.41 Å². The third-order valence-corrected chi connectivity index (χ3v) is 18.4. The monoisotopic (exact) mass is 1330 g/mol. The summed E-state index contributed by atoms with van der Waals surface area (Å²) in [5, 5.41) is 11.7. The zero-order valence-electron chi connectivity index (χ0n) is 44.5. The Morgan fingerprint density at radius 2 is 0.675 bits per heavy atom. The van der Waals surface area contributed by atoms with E-state index in [2.05, 4.69) is 282 Å². The van der Waals surface area contributed by atoms with Gasteiger partial charge >= 0.3 is 0 Å². The molecule has 0 amide bonds. The number of benzene rings is 10. The Morgan fingerprint density at radius 1 is 0.351 bits per heavy atom. The summed E-state index contributed by atoms with van der Waals surface area (Å²) in [5.41, 5.74) is 11.0. The molecule has 0 unspecified atom stereocenters. The Labute approximate surface area is 499 Å². The van der Waals surface area contributed by atoms with Crippen molar-refractivity contribution in [3.63, 3.8) is 0 Å². The fourth-order valence-electron chi connectivity index (χ4n) is 12.5. The van der Waals surface area contributed by atoms with E-state index >= 15 is 0 Å². The first-order valence-electron chi connectivity index (χ1n) is 27.8. The summed E-state index contributed by atoms with van der Waals surface area (Å²) in [7, 11) is 0. The van der Waals surface area contributed by atoms with Crippen molar-refractivity contribution in [3.05, 3.63) is 250 Å². The van der Waals surface area contributed by atoms with Crippen LogP contribution in [-0.2, 0) is 10.8 Å². The van der Waals surface area contributed by atoms with Crippen LogP contribution in [0.5, 0.6) is 5.75 Å². The molecular formula is C71H67Br5O. The largest absolute Gasteiger partial charge is 0.494 e. The van der Waals surface area contributed by atoms with Gasteiger partial charge in [-0.3, -0.25) is 0 Å². The summed E-state index contributed by atoms with van der Waals surface area (Å²) >= 11 is 18.7. The number of unbranched alkanes of at least 4 members (excludes halogenated alkanes) is 10. The molecule has 0 bridgehead atoms. The highest BCUT2D eigenvalue weighted by Crippen LogP contribution is 2.59. The molecule has 0 saturated heterocycles. The molecule has 0 N–H and O–H groups in total. The van der Waals surface area contributed by atoms with Crippen molar-refractivity contribution < 1.29 is 4.74 Å². The topological polar surface area (TPSA) is 9.23 Å². The van der Waals surface area contributed by atoms with Crippen molar-refractivity contribution in [3.8, 4) is 5.75 Å². The van der Waals surface area contributed by atoms with Crippen LogP contribution in [0.1, 0.15) is 141 Å². The Kier molecular flexibility index (Phi) is 18.3. The van der Waals surface area contributed by atoms with Crippen LogP contribution in [-0.4, -0.2) is 11.9 Å². The van der Waals surface area contributed by atoms with Crippen molar-refractivity contribution in [1.82, 2.24) is 0 Å². The summed E-state index contributed by atoms with van der Waals surface area (Å²) in [6.07, 6.45) is 16.0. The number of aryl methyl sites for hydroxylation is 1. The van der Waals surface area contributed by atoms with E-state index in [1.165, 1.54) is 169 Å². The van der Waals surface area contributed by atoms with E-state index in [0.29, 0.717) is 0 Å². The van der Waals surface area contributed by atoms with Gasteiger partial charge < -0.3 is 4.74 Å². The van der Waals surface area contributed by atoms with E-state index in [1.54, 1.807) is 0 Å².